The van der Waals surface area contributed by atoms with Gasteiger partial charge in [0.25, 0.3) is 0 Å². The van der Waals surface area contributed by atoms with Gasteiger partial charge in [0.15, 0.2) is 5.65 Å². The van der Waals surface area contributed by atoms with Crippen LogP contribution in [0.15, 0.2) is 72.0 Å². The van der Waals surface area contributed by atoms with E-state index in [0.717, 1.165) is 16.9 Å². The van der Waals surface area contributed by atoms with Crippen molar-refractivity contribution in [1.82, 2.24) is 33.7 Å². The normalized spacial score (nSPS) is 11.8. The Bertz CT molecular complexity index is 1620. The molecule has 0 fully saturated rings. The van der Waals surface area contributed by atoms with Gasteiger partial charge in [0.2, 0.25) is 0 Å². The molecule has 0 aliphatic heterocycles. The van der Waals surface area contributed by atoms with Crippen molar-refractivity contribution in [3.63, 3.8) is 0 Å². The van der Waals surface area contributed by atoms with Crippen molar-refractivity contribution in [2.75, 3.05) is 5.32 Å². The maximum Gasteiger partial charge on any atom is 0.331 e. The number of nitrogens with one attached hydrogen (secondary N) is 2. The van der Waals surface area contributed by atoms with Gasteiger partial charge in [-0.15, -0.1) is 0 Å². The Hall–Kier alpha value is -4.47. The summed E-state index contributed by atoms with van der Waals surface area (Å²) in [6.07, 6.45) is 3.15. The second kappa shape index (κ2) is 8.95. The lowest BCUT2D eigenvalue weighted by Gasteiger charge is -2.20. The number of hydrogen-bond acceptors (Lipinski definition) is 6. The fraction of sp³-hybridized carbons (Fsp3) is 0.269. The highest BCUT2D eigenvalue weighted by Crippen LogP contribution is 2.26. The Morgan fingerprint density at radius 2 is 1.75 bits per heavy atom. The number of aromatic nitrogens is 7. The highest BCUT2D eigenvalue weighted by Gasteiger charge is 2.23. The number of benzene rings is 2. The summed E-state index contributed by atoms with van der Waals surface area (Å²) in [5, 5.41) is 21.9. The van der Waals surface area contributed by atoms with Gasteiger partial charge in [0, 0.05) is 19.3 Å². The largest absolute Gasteiger partial charge is 0.340 e. The number of rotatable bonds is 6. The molecular weight excluding hydrogens is 454 g/mol. The van der Waals surface area contributed by atoms with Crippen LogP contribution < -0.4 is 16.5 Å². The Kier molecular flexibility index (Phi) is 5.79. The van der Waals surface area contributed by atoms with Crippen LogP contribution in [0.2, 0.25) is 0 Å². The fourth-order valence-corrected chi connectivity index (χ4v) is 4.18. The van der Waals surface area contributed by atoms with Crippen LogP contribution in [0.3, 0.4) is 0 Å². The molecule has 0 unspecified atom stereocenters. The molecule has 0 spiro atoms. The van der Waals surface area contributed by atoms with E-state index in [2.05, 4.69) is 36.2 Å². The first-order chi connectivity index (χ1) is 17.2. The molecule has 0 aliphatic carbocycles. The van der Waals surface area contributed by atoms with Gasteiger partial charge in [-0.2, -0.15) is 10.2 Å². The number of fused-ring (bicyclic) bond motifs is 1. The van der Waals surface area contributed by atoms with Gasteiger partial charge in [-0.05, 0) is 35.2 Å². The SMILES string of the molecule is Cn1c(=N)c2c(Nc3ccccc3)n(Cc3ccc(-n4cncn4)cc3)nc2n(CC(C)(C)C)c1=O. The summed E-state index contributed by atoms with van der Waals surface area (Å²) < 4.78 is 6.59. The average Bonchev–Trinajstić information content (AvgIpc) is 3.50. The zero-order valence-electron chi connectivity index (χ0n) is 20.8. The minimum atomic E-state index is -0.254. The molecule has 10 nitrogen and oxygen atoms in total. The van der Waals surface area contributed by atoms with Gasteiger partial charge in [0.05, 0.1) is 12.2 Å². The van der Waals surface area contributed by atoms with Crippen LogP contribution in [0.4, 0.5) is 11.5 Å². The van der Waals surface area contributed by atoms with Crippen molar-refractivity contribution in [1.29, 1.82) is 5.41 Å². The number of para-hydroxylation sites is 1. The Labute approximate surface area is 208 Å². The van der Waals surface area contributed by atoms with Crippen molar-refractivity contribution in [2.45, 2.75) is 33.9 Å². The van der Waals surface area contributed by atoms with E-state index in [0.29, 0.717) is 29.9 Å². The number of hydrogen-bond donors (Lipinski definition) is 2. The molecule has 0 radical (unpaired) electrons. The highest BCUT2D eigenvalue weighted by molar-refractivity contribution is 5.89. The summed E-state index contributed by atoms with van der Waals surface area (Å²) in [4.78, 5) is 17.2. The molecule has 5 rings (SSSR count). The third kappa shape index (κ3) is 4.45. The summed E-state index contributed by atoms with van der Waals surface area (Å²) in [5.41, 5.74) is 3.00. The molecule has 5 aromatic rings. The maximum absolute atomic E-state index is 13.2. The molecule has 0 aliphatic rings. The van der Waals surface area contributed by atoms with Gasteiger partial charge < -0.3 is 5.32 Å². The topological polar surface area (TPSA) is 111 Å². The molecule has 0 bridgehead atoms. The third-order valence-electron chi connectivity index (χ3n) is 5.90. The van der Waals surface area contributed by atoms with E-state index in [4.69, 9.17) is 10.5 Å². The molecule has 184 valence electrons. The molecule has 3 heterocycles. The van der Waals surface area contributed by atoms with Crippen molar-refractivity contribution in [3.05, 3.63) is 88.8 Å². The van der Waals surface area contributed by atoms with Crippen LogP contribution >= 0.6 is 0 Å². The van der Waals surface area contributed by atoms with Crippen LogP contribution in [0.1, 0.15) is 26.3 Å². The van der Waals surface area contributed by atoms with Crippen molar-refractivity contribution in [2.24, 2.45) is 12.5 Å². The summed E-state index contributed by atoms with van der Waals surface area (Å²) in [7, 11) is 1.63. The molecule has 0 saturated heterocycles. The van der Waals surface area contributed by atoms with Crippen LogP contribution in [0.25, 0.3) is 16.7 Å². The maximum atomic E-state index is 13.2. The van der Waals surface area contributed by atoms with E-state index >= 15 is 0 Å². The molecule has 0 amide bonds. The predicted octanol–water partition coefficient (Wildman–Crippen LogP) is 3.43. The second-order valence-electron chi connectivity index (χ2n) is 10.0. The number of anilines is 2. The lowest BCUT2D eigenvalue weighted by Crippen LogP contribution is -2.40. The van der Waals surface area contributed by atoms with Crippen LogP contribution in [-0.2, 0) is 20.1 Å². The Balaban J connectivity index is 1.66. The van der Waals surface area contributed by atoms with E-state index in [1.807, 2.05) is 59.3 Å². The Morgan fingerprint density at radius 1 is 1.03 bits per heavy atom. The van der Waals surface area contributed by atoms with E-state index in [1.165, 1.54) is 10.9 Å². The summed E-state index contributed by atoms with van der Waals surface area (Å²) in [5.74, 6) is 0.666. The first-order valence-corrected chi connectivity index (χ1v) is 11.7. The molecule has 36 heavy (non-hydrogen) atoms. The minimum absolute atomic E-state index is 0.117. The first kappa shape index (κ1) is 23.3. The van der Waals surface area contributed by atoms with E-state index in [9.17, 15) is 4.79 Å². The van der Waals surface area contributed by atoms with E-state index < -0.39 is 0 Å². The fourth-order valence-electron chi connectivity index (χ4n) is 4.18. The van der Waals surface area contributed by atoms with Crippen molar-refractivity contribution in [3.8, 4) is 5.69 Å². The lowest BCUT2D eigenvalue weighted by molar-refractivity contribution is 0.336. The zero-order chi connectivity index (χ0) is 25.4. The van der Waals surface area contributed by atoms with E-state index in [1.54, 1.807) is 22.6 Å². The van der Waals surface area contributed by atoms with Gasteiger partial charge in [-0.25, -0.2) is 19.1 Å². The van der Waals surface area contributed by atoms with Crippen molar-refractivity contribution < 1.29 is 0 Å². The van der Waals surface area contributed by atoms with Gasteiger partial charge in [-0.3, -0.25) is 14.5 Å². The minimum Gasteiger partial charge on any atom is -0.340 e. The monoisotopic (exact) mass is 483 g/mol. The quantitative estimate of drug-likeness (QED) is 0.384. The molecule has 0 saturated carbocycles. The molecule has 2 N–H and O–H groups in total. The zero-order valence-corrected chi connectivity index (χ0v) is 20.8. The molecular formula is C26H29N9O. The van der Waals surface area contributed by atoms with Crippen molar-refractivity contribution >= 4 is 22.5 Å². The molecule has 3 aromatic heterocycles. The summed E-state index contributed by atoms with van der Waals surface area (Å²) >= 11 is 0. The highest BCUT2D eigenvalue weighted by atomic mass is 16.1. The van der Waals surface area contributed by atoms with Crippen LogP contribution in [0, 0.1) is 10.8 Å². The predicted molar refractivity (Wildman–Crippen MR) is 138 cm³/mol. The molecule has 2 aromatic carbocycles. The number of nitrogens with zero attached hydrogens (tertiary/aromatic N) is 7. The smallest absolute Gasteiger partial charge is 0.331 e. The second-order valence-corrected chi connectivity index (χ2v) is 10.0. The van der Waals surface area contributed by atoms with Gasteiger partial charge >= 0.3 is 5.69 Å². The standard InChI is InChI=1S/C26H29N9O/c1-26(2,3)15-33-24-21(22(27)32(4)25(33)36)23(30-19-8-6-5-7-9-19)34(31-24)14-18-10-12-20(13-11-18)35-17-28-16-29-35/h5-13,16-17,27,30H,14-15H2,1-4H3. The summed E-state index contributed by atoms with van der Waals surface area (Å²) in [6.45, 7) is 7.17. The lowest BCUT2D eigenvalue weighted by atomic mass is 9.97. The van der Waals surface area contributed by atoms with Gasteiger partial charge in [-0.1, -0.05) is 51.1 Å². The van der Waals surface area contributed by atoms with E-state index in [-0.39, 0.29) is 16.6 Å². The summed E-state index contributed by atoms with van der Waals surface area (Å²) in [6, 6.07) is 17.8. The molecule has 10 heteroatoms. The van der Waals surface area contributed by atoms with Crippen LogP contribution in [-0.4, -0.2) is 33.7 Å². The van der Waals surface area contributed by atoms with Crippen LogP contribution in [0.5, 0.6) is 0 Å². The van der Waals surface area contributed by atoms with Gasteiger partial charge in [0.1, 0.15) is 29.3 Å². The Morgan fingerprint density at radius 3 is 2.39 bits per heavy atom. The third-order valence-corrected chi connectivity index (χ3v) is 5.90. The average molecular weight is 484 g/mol. The molecule has 0 atom stereocenters. The first-order valence-electron chi connectivity index (χ1n) is 11.7.